The number of carbonyl (C=O) groups excluding carboxylic acids is 1. The first kappa shape index (κ1) is 19.3. The molecule has 1 fully saturated rings. The highest BCUT2D eigenvalue weighted by molar-refractivity contribution is 5.81. The zero-order valence-corrected chi connectivity index (χ0v) is 15.6. The smallest absolute Gasteiger partial charge is 0.263 e. The van der Waals surface area contributed by atoms with Crippen LogP contribution in [0.1, 0.15) is 45.1 Å². The lowest BCUT2D eigenvalue weighted by molar-refractivity contribution is -0.139. The Morgan fingerprint density at radius 3 is 2.56 bits per heavy atom. The second-order valence-electron chi connectivity index (χ2n) is 6.68. The van der Waals surface area contributed by atoms with Crippen LogP contribution in [0.25, 0.3) is 0 Å². The van der Waals surface area contributed by atoms with Gasteiger partial charge in [-0.25, -0.2) is 0 Å². The normalized spacial score (nSPS) is 17.6. The van der Waals surface area contributed by atoms with Gasteiger partial charge in [-0.05, 0) is 30.9 Å². The van der Waals surface area contributed by atoms with Crippen molar-refractivity contribution in [3.05, 3.63) is 29.8 Å². The van der Waals surface area contributed by atoms with E-state index in [-0.39, 0.29) is 5.91 Å². The maximum Gasteiger partial charge on any atom is 0.263 e. The topological polar surface area (TPSA) is 56.6 Å². The van der Waals surface area contributed by atoms with Gasteiger partial charge in [0.2, 0.25) is 0 Å². The molecule has 5 nitrogen and oxygen atoms in total. The zero-order valence-electron chi connectivity index (χ0n) is 15.6. The predicted octanol–water partition coefficient (Wildman–Crippen LogP) is 3.03. The van der Waals surface area contributed by atoms with Crippen molar-refractivity contribution in [3.8, 4) is 11.8 Å². The van der Waals surface area contributed by atoms with E-state index in [0.29, 0.717) is 25.4 Å². The highest BCUT2D eigenvalue weighted by atomic mass is 16.5. The van der Waals surface area contributed by atoms with E-state index >= 15 is 0 Å². The predicted molar refractivity (Wildman–Crippen MR) is 98.5 cm³/mol. The van der Waals surface area contributed by atoms with E-state index in [1.165, 1.54) is 0 Å². The third-order valence-corrected chi connectivity index (χ3v) is 4.94. The molecule has 136 valence electrons. The molecule has 1 heterocycles. The number of rotatable bonds is 7. The SMILES string of the molecule is CCC(C)c1ccccc1OC(C)C(=O)N1CCN(CCC#N)CC1. The van der Waals surface area contributed by atoms with E-state index in [1.54, 1.807) is 0 Å². The van der Waals surface area contributed by atoms with E-state index < -0.39 is 6.10 Å². The molecule has 5 heteroatoms. The molecule has 1 aliphatic heterocycles. The van der Waals surface area contributed by atoms with E-state index in [9.17, 15) is 4.79 Å². The summed E-state index contributed by atoms with van der Waals surface area (Å²) in [6.07, 6.45) is 1.09. The van der Waals surface area contributed by atoms with Crippen LogP contribution in [0.5, 0.6) is 5.75 Å². The van der Waals surface area contributed by atoms with Crippen molar-refractivity contribution in [2.45, 2.75) is 45.6 Å². The van der Waals surface area contributed by atoms with E-state index in [4.69, 9.17) is 10.00 Å². The molecule has 1 amide bonds. The van der Waals surface area contributed by atoms with Gasteiger partial charge >= 0.3 is 0 Å². The number of nitriles is 1. The van der Waals surface area contributed by atoms with Gasteiger partial charge < -0.3 is 9.64 Å². The molecule has 1 aliphatic rings. The molecule has 0 bridgehead atoms. The largest absolute Gasteiger partial charge is 0.481 e. The van der Waals surface area contributed by atoms with Crippen LogP contribution in [-0.2, 0) is 4.79 Å². The van der Waals surface area contributed by atoms with Crippen LogP contribution >= 0.6 is 0 Å². The van der Waals surface area contributed by atoms with Crippen LogP contribution in [0, 0.1) is 11.3 Å². The number of carbonyl (C=O) groups is 1. The highest BCUT2D eigenvalue weighted by Crippen LogP contribution is 2.29. The standard InChI is InChI=1S/C20H29N3O2/c1-4-16(2)18-8-5-6-9-19(18)25-17(3)20(24)23-14-12-22(13-15-23)11-7-10-21/h5-6,8-9,16-17H,4,7,11-15H2,1-3H3. The van der Waals surface area contributed by atoms with Gasteiger partial charge in [-0.2, -0.15) is 5.26 Å². The van der Waals surface area contributed by atoms with Crippen LogP contribution in [0.15, 0.2) is 24.3 Å². The molecule has 0 spiro atoms. The first-order chi connectivity index (χ1) is 12.1. The molecule has 1 saturated heterocycles. The Morgan fingerprint density at radius 1 is 1.24 bits per heavy atom. The van der Waals surface area contributed by atoms with Crippen molar-refractivity contribution < 1.29 is 9.53 Å². The van der Waals surface area contributed by atoms with Gasteiger partial charge in [0.15, 0.2) is 6.10 Å². The molecule has 1 aromatic carbocycles. The van der Waals surface area contributed by atoms with Gasteiger partial charge in [-0.3, -0.25) is 9.69 Å². The Balaban J connectivity index is 1.93. The highest BCUT2D eigenvalue weighted by Gasteiger charge is 2.26. The minimum atomic E-state index is -0.490. The molecule has 0 radical (unpaired) electrons. The fourth-order valence-corrected chi connectivity index (χ4v) is 3.11. The molecule has 0 saturated carbocycles. The van der Waals surface area contributed by atoms with Gasteiger partial charge in [0.05, 0.1) is 6.07 Å². The Labute approximate surface area is 151 Å². The first-order valence-corrected chi connectivity index (χ1v) is 9.20. The number of hydrogen-bond donors (Lipinski definition) is 0. The molecule has 1 aromatic rings. The van der Waals surface area contributed by atoms with Crippen molar-refractivity contribution in [1.29, 1.82) is 5.26 Å². The number of hydrogen-bond acceptors (Lipinski definition) is 4. The molecule has 25 heavy (non-hydrogen) atoms. The monoisotopic (exact) mass is 343 g/mol. The molecule has 0 aromatic heterocycles. The average molecular weight is 343 g/mol. The van der Waals surface area contributed by atoms with Gasteiger partial charge in [0, 0.05) is 39.1 Å². The molecule has 0 aliphatic carbocycles. The Morgan fingerprint density at radius 2 is 1.92 bits per heavy atom. The van der Waals surface area contributed by atoms with Gasteiger partial charge in [0.25, 0.3) is 5.91 Å². The number of nitrogens with zero attached hydrogens (tertiary/aromatic N) is 3. The summed E-state index contributed by atoms with van der Waals surface area (Å²) >= 11 is 0. The van der Waals surface area contributed by atoms with Crippen molar-refractivity contribution in [2.24, 2.45) is 0 Å². The summed E-state index contributed by atoms with van der Waals surface area (Å²) in [5.41, 5.74) is 1.16. The summed E-state index contributed by atoms with van der Waals surface area (Å²) < 4.78 is 6.03. The van der Waals surface area contributed by atoms with Crippen molar-refractivity contribution in [3.63, 3.8) is 0 Å². The zero-order chi connectivity index (χ0) is 18.2. The fourth-order valence-electron chi connectivity index (χ4n) is 3.11. The van der Waals surface area contributed by atoms with Crippen molar-refractivity contribution in [2.75, 3.05) is 32.7 Å². The third kappa shape index (κ3) is 5.20. The van der Waals surface area contributed by atoms with Crippen molar-refractivity contribution >= 4 is 5.91 Å². The molecule has 2 atom stereocenters. The quantitative estimate of drug-likeness (QED) is 0.763. The fraction of sp³-hybridized carbons (Fsp3) is 0.600. The van der Waals surface area contributed by atoms with Crippen LogP contribution < -0.4 is 4.74 Å². The van der Waals surface area contributed by atoms with E-state index in [1.807, 2.05) is 30.0 Å². The maximum atomic E-state index is 12.7. The van der Waals surface area contributed by atoms with Crippen LogP contribution in [0.4, 0.5) is 0 Å². The number of para-hydroxylation sites is 1. The molecule has 2 unspecified atom stereocenters. The van der Waals surface area contributed by atoms with E-state index in [0.717, 1.165) is 37.4 Å². The van der Waals surface area contributed by atoms with E-state index in [2.05, 4.69) is 30.9 Å². The molecule has 0 N–H and O–H groups in total. The molecule has 2 rings (SSSR count). The lowest BCUT2D eigenvalue weighted by atomic mass is 9.98. The second-order valence-corrected chi connectivity index (χ2v) is 6.68. The summed E-state index contributed by atoms with van der Waals surface area (Å²) in [6, 6.07) is 10.2. The molecular weight excluding hydrogens is 314 g/mol. The van der Waals surface area contributed by atoms with Gasteiger partial charge in [0.1, 0.15) is 5.75 Å². The average Bonchev–Trinajstić information content (AvgIpc) is 2.66. The summed E-state index contributed by atoms with van der Waals surface area (Å²) in [7, 11) is 0. The van der Waals surface area contributed by atoms with Gasteiger partial charge in [-0.15, -0.1) is 0 Å². The minimum absolute atomic E-state index is 0.0406. The number of ether oxygens (including phenoxy) is 1. The Hall–Kier alpha value is -2.06. The third-order valence-electron chi connectivity index (χ3n) is 4.94. The Kier molecular flexibility index (Phi) is 7.27. The van der Waals surface area contributed by atoms with Crippen LogP contribution in [0.3, 0.4) is 0 Å². The lowest BCUT2D eigenvalue weighted by Crippen LogP contribution is -2.52. The summed E-state index contributed by atoms with van der Waals surface area (Å²) in [6.45, 7) is 9.99. The maximum absolute atomic E-state index is 12.7. The number of piperazine rings is 1. The number of benzene rings is 1. The Bertz CT molecular complexity index is 603. The van der Waals surface area contributed by atoms with Crippen LogP contribution in [0.2, 0.25) is 0 Å². The van der Waals surface area contributed by atoms with Gasteiger partial charge in [-0.1, -0.05) is 32.0 Å². The van der Waals surface area contributed by atoms with Crippen LogP contribution in [-0.4, -0.2) is 54.5 Å². The van der Waals surface area contributed by atoms with Crippen molar-refractivity contribution in [1.82, 2.24) is 9.80 Å². The molecular formula is C20H29N3O2. The number of amides is 1. The summed E-state index contributed by atoms with van der Waals surface area (Å²) in [4.78, 5) is 16.8. The summed E-state index contributed by atoms with van der Waals surface area (Å²) in [5.74, 6) is 1.26. The summed E-state index contributed by atoms with van der Waals surface area (Å²) in [5, 5.41) is 8.67. The second kappa shape index (κ2) is 9.43. The lowest BCUT2D eigenvalue weighted by Gasteiger charge is -2.35. The minimum Gasteiger partial charge on any atom is -0.481 e. The first-order valence-electron chi connectivity index (χ1n) is 9.20.